The van der Waals surface area contributed by atoms with Crippen LogP contribution in [0.5, 0.6) is 0 Å². The molecule has 2 aromatic carbocycles. The number of benzene rings is 2. The molecule has 0 unspecified atom stereocenters. The van der Waals surface area contributed by atoms with E-state index in [0.717, 1.165) is 21.2 Å². The molecule has 0 aliphatic carbocycles. The number of thioether (sulfide) groups is 2. The molecule has 132 valence electrons. The molecule has 0 aromatic heterocycles. The lowest BCUT2D eigenvalue weighted by molar-refractivity contribution is -0.117. The summed E-state index contributed by atoms with van der Waals surface area (Å²) >= 11 is 3.26. The summed E-state index contributed by atoms with van der Waals surface area (Å²) in [7, 11) is 0. The summed E-state index contributed by atoms with van der Waals surface area (Å²) < 4.78 is 0. The number of carbonyl (C=O) groups is 2. The molecule has 0 bridgehead atoms. The molecular formula is C19H22N2O2S2. The zero-order chi connectivity index (χ0) is 18.1. The molecule has 0 aliphatic rings. The molecule has 0 heterocycles. The highest BCUT2D eigenvalue weighted by atomic mass is 32.2. The van der Waals surface area contributed by atoms with Crippen LogP contribution in [-0.2, 0) is 9.59 Å². The van der Waals surface area contributed by atoms with E-state index in [0.29, 0.717) is 19.3 Å². The summed E-state index contributed by atoms with van der Waals surface area (Å²) in [5.41, 5.74) is 1.57. The van der Waals surface area contributed by atoms with Crippen molar-refractivity contribution in [2.24, 2.45) is 0 Å². The molecule has 6 heteroatoms. The fourth-order valence-corrected chi connectivity index (χ4v) is 3.18. The quantitative estimate of drug-likeness (QED) is 0.647. The lowest BCUT2D eigenvalue weighted by Gasteiger charge is -2.08. The molecule has 0 atom stereocenters. The summed E-state index contributed by atoms with van der Waals surface area (Å²) in [5, 5.41) is 5.74. The SMILES string of the molecule is CSc1cccc(NC(=O)CCCC(=O)Nc2cccc(SC)c2)c1. The highest BCUT2D eigenvalue weighted by Gasteiger charge is 2.07. The van der Waals surface area contributed by atoms with Gasteiger partial charge in [-0.2, -0.15) is 0 Å². The molecule has 2 aromatic rings. The Balaban J connectivity index is 1.73. The number of carbonyl (C=O) groups excluding carboxylic acids is 2. The van der Waals surface area contributed by atoms with E-state index in [1.807, 2.05) is 61.0 Å². The van der Waals surface area contributed by atoms with Crippen LogP contribution in [0.4, 0.5) is 11.4 Å². The van der Waals surface area contributed by atoms with Gasteiger partial charge in [-0.1, -0.05) is 12.1 Å². The van der Waals surface area contributed by atoms with Gasteiger partial charge < -0.3 is 10.6 Å². The predicted octanol–water partition coefficient (Wildman–Crippen LogP) is 4.88. The maximum atomic E-state index is 12.0. The van der Waals surface area contributed by atoms with Crippen LogP contribution < -0.4 is 10.6 Å². The molecule has 0 radical (unpaired) electrons. The minimum atomic E-state index is -0.0737. The molecule has 0 fully saturated rings. The lowest BCUT2D eigenvalue weighted by Crippen LogP contribution is -2.14. The van der Waals surface area contributed by atoms with Crippen LogP contribution in [0, 0.1) is 0 Å². The molecule has 0 saturated carbocycles. The van der Waals surface area contributed by atoms with Gasteiger partial charge in [0.15, 0.2) is 0 Å². The van der Waals surface area contributed by atoms with Crippen molar-refractivity contribution in [3.8, 4) is 0 Å². The van der Waals surface area contributed by atoms with Crippen molar-refractivity contribution in [1.82, 2.24) is 0 Å². The largest absolute Gasteiger partial charge is 0.326 e. The van der Waals surface area contributed by atoms with Crippen molar-refractivity contribution in [1.29, 1.82) is 0 Å². The summed E-state index contributed by atoms with van der Waals surface area (Å²) in [6.45, 7) is 0. The Kier molecular flexibility index (Phi) is 7.88. The smallest absolute Gasteiger partial charge is 0.224 e. The van der Waals surface area contributed by atoms with Crippen molar-refractivity contribution in [3.05, 3.63) is 48.5 Å². The summed E-state index contributed by atoms with van der Waals surface area (Å²) in [5.74, 6) is -0.147. The zero-order valence-corrected chi connectivity index (χ0v) is 16.0. The topological polar surface area (TPSA) is 58.2 Å². The Hall–Kier alpha value is -1.92. The summed E-state index contributed by atoms with van der Waals surface area (Å²) in [6.07, 6.45) is 5.15. The monoisotopic (exact) mass is 374 g/mol. The highest BCUT2D eigenvalue weighted by Crippen LogP contribution is 2.20. The van der Waals surface area contributed by atoms with Crippen LogP contribution in [0.1, 0.15) is 19.3 Å². The van der Waals surface area contributed by atoms with Crippen molar-refractivity contribution in [2.45, 2.75) is 29.1 Å². The minimum absolute atomic E-state index is 0.0737. The van der Waals surface area contributed by atoms with Crippen LogP contribution in [-0.4, -0.2) is 24.3 Å². The second-order valence-electron chi connectivity index (χ2n) is 5.41. The van der Waals surface area contributed by atoms with Gasteiger partial charge in [0, 0.05) is 34.0 Å². The minimum Gasteiger partial charge on any atom is -0.326 e. The average Bonchev–Trinajstić information content (AvgIpc) is 2.62. The van der Waals surface area contributed by atoms with Crippen LogP contribution in [0.25, 0.3) is 0 Å². The first-order valence-corrected chi connectivity index (χ1v) is 10.4. The summed E-state index contributed by atoms with van der Waals surface area (Å²) in [6, 6.07) is 15.4. The zero-order valence-electron chi connectivity index (χ0n) is 14.4. The maximum absolute atomic E-state index is 12.0. The Morgan fingerprint density at radius 3 is 1.64 bits per heavy atom. The van der Waals surface area contributed by atoms with Crippen molar-refractivity contribution >= 4 is 46.7 Å². The molecule has 0 aliphatic heterocycles. The molecule has 4 nitrogen and oxygen atoms in total. The van der Waals surface area contributed by atoms with Crippen LogP contribution >= 0.6 is 23.5 Å². The third kappa shape index (κ3) is 6.84. The Morgan fingerprint density at radius 1 is 0.800 bits per heavy atom. The normalized spacial score (nSPS) is 10.3. The molecule has 2 rings (SSSR count). The first-order valence-electron chi connectivity index (χ1n) is 7.98. The Bertz CT molecular complexity index is 673. The number of hydrogen-bond acceptors (Lipinski definition) is 4. The second kappa shape index (κ2) is 10.2. The van der Waals surface area contributed by atoms with E-state index < -0.39 is 0 Å². The molecular weight excluding hydrogens is 352 g/mol. The van der Waals surface area contributed by atoms with E-state index in [1.165, 1.54) is 0 Å². The van der Waals surface area contributed by atoms with Crippen LogP contribution in [0.15, 0.2) is 58.3 Å². The van der Waals surface area contributed by atoms with E-state index in [-0.39, 0.29) is 11.8 Å². The molecule has 2 N–H and O–H groups in total. The lowest BCUT2D eigenvalue weighted by atomic mass is 10.2. The number of anilines is 2. The molecule has 0 saturated heterocycles. The molecule has 0 spiro atoms. The fourth-order valence-electron chi connectivity index (χ4n) is 2.26. The molecule has 2 amide bonds. The van der Waals surface area contributed by atoms with Gasteiger partial charge in [0.05, 0.1) is 0 Å². The first-order chi connectivity index (χ1) is 12.1. The maximum Gasteiger partial charge on any atom is 0.224 e. The van der Waals surface area contributed by atoms with Gasteiger partial charge in [0.2, 0.25) is 11.8 Å². The Morgan fingerprint density at radius 2 is 1.24 bits per heavy atom. The van der Waals surface area contributed by atoms with E-state index in [2.05, 4.69) is 10.6 Å². The highest BCUT2D eigenvalue weighted by molar-refractivity contribution is 7.98. The van der Waals surface area contributed by atoms with Crippen LogP contribution in [0.2, 0.25) is 0 Å². The Labute approximate surface area is 157 Å². The van der Waals surface area contributed by atoms with E-state index in [4.69, 9.17) is 0 Å². The number of rotatable bonds is 8. The van der Waals surface area contributed by atoms with Gasteiger partial charge in [-0.3, -0.25) is 9.59 Å². The number of amides is 2. The first kappa shape index (κ1) is 19.4. The number of nitrogens with one attached hydrogen (secondary N) is 2. The van der Waals surface area contributed by atoms with Gasteiger partial charge >= 0.3 is 0 Å². The third-order valence-electron chi connectivity index (χ3n) is 3.51. The number of hydrogen-bond donors (Lipinski definition) is 2. The van der Waals surface area contributed by atoms with E-state index >= 15 is 0 Å². The van der Waals surface area contributed by atoms with E-state index in [1.54, 1.807) is 23.5 Å². The second-order valence-corrected chi connectivity index (χ2v) is 7.17. The third-order valence-corrected chi connectivity index (χ3v) is 4.97. The standard InChI is InChI=1S/C19H22N2O2S2/c1-24-16-8-3-6-14(12-16)20-18(22)10-5-11-19(23)21-15-7-4-9-17(13-15)25-2/h3-4,6-9,12-13H,5,10-11H2,1-2H3,(H,20,22)(H,21,23). The van der Waals surface area contributed by atoms with Gasteiger partial charge in [-0.05, 0) is 55.3 Å². The molecule has 25 heavy (non-hydrogen) atoms. The average molecular weight is 375 g/mol. The van der Waals surface area contributed by atoms with Gasteiger partial charge in [-0.15, -0.1) is 23.5 Å². The van der Waals surface area contributed by atoms with Gasteiger partial charge in [-0.25, -0.2) is 0 Å². The van der Waals surface area contributed by atoms with Crippen molar-refractivity contribution in [3.63, 3.8) is 0 Å². The van der Waals surface area contributed by atoms with Crippen LogP contribution in [0.3, 0.4) is 0 Å². The van der Waals surface area contributed by atoms with Crippen molar-refractivity contribution in [2.75, 3.05) is 23.1 Å². The fraction of sp³-hybridized carbons (Fsp3) is 0.263. The predicted molar refractivity (Wildman–Crippen MR) is 108 cm³/mol. The van der Waals surface area contributed by atoms with Crippen molar-refractivity contribution < 1.29 is 9.59 Å². The van der Waals surface area contributed by atoms with Gasteiger partial charge in [0.1, 0.15) is 0 Å². The van der Waals surface area contributed by atoms with Gasteiger partial charge in [0.25, 0.3) is 0 Å². The summed E-state index contributed by atoms with van der Waals surface area (Å²) in [4.78, 5) is 26.2. The van der Waals surface area contributed by atoms with E-state index in [9.17, 15) is 9.59 Å².